The van der Waals surface area contributed by atoms with Gasteiger partial charge in [-0.3, -0.25) is 4.79 Å². The Balaban J connectivity index is 1.84. The number of hydrogen-bond donors (Lipinski definition) is 2. The number of hydrogen-bond acceptors (Lipinski definition) is 5. The first-order chi connectivity index (χ1) is 10.4. The zero-order valence-corrected chi connectivity index (χ0v) is 12.9. The maximum atomic E-state index is 10.9. The van der Waals surface area contributed by atoms with Gasteiger partial charge in [0, 0.05) is 12.6 Å². The van der Waals surface area contributed by atoms with Crippen LogP contribution in [0, 0.1) is 13.8 Å². The van der Waals surface area contributed by atoms with E-state index in [2.05, 4.69) is 15.4 Å². The molecule has 0 fully saturated rings. The lowest BCUT2D eigenvalue weighted by molar-refractivity contribution is -0.114. The molecule has 22 heavy (non-hydrogen) atoms. The van der Waals surface area contributed by atoms with Gasteiger partial charge in [0.2, 0.25) is 5.91 Å². The number of anilines is 1. The van der Waals surface area contributed by atoms with Crippen LogP contribution >= 0.6 is 0 Å². The number of aryl methyl sites for hydroxylation is 2. The van der Waals surface area contributed by atoms with E-state index in [1.807, 2.05) is 13.8 Å². The van der Waals surface area contributed by atoms with E-state index in [1.165, 1.54) is 6.92 Å². The van der Waals surface area contributed by atoms with Crippen LogP contribution in [0.25, 0.3) is 0 Å². The van der Waals surface area contributed by atoms with Crippen LogP contribution < -0.4 is 10.1 Å². The smallest absolute Gasteiger partial charge is 0.221 e. The first-order valence-corrected chi connectivity index (χ1v) is 7.00. The average molecular weight is 304 g/mol. The van der Waals surface area contributed by atoms with E-state index in [0.717, 1.165) is 5.82 Å². The van der Waals surface area contributed by atoms with Crippen LogP contribution in [0.4, 0.5) is 5.69 Å². The molecule has 0 aliphatic heterocycles. The van der Waals surface area contributed by atoms with Crippen molar-refractivity contribution in [1.29, 1.82) is 0 Å². The van der Waals surface area contributed by atoms with Crippen molar-refractivity contribution >= 4 is 11.6 Å². The summed E-state index contributed by atoms with van der Waals surface area (Å²) in [4.78, 5) is 15.1. The van der Waals surface area contributed by atoms with Crippen molar-refractivity contribution in [2.24, 2.45) is 0 Å². The molecule has 1 aromatic carbocycles. The van der Waals surface area contributed by atoms with Crippen molar-refractivity contribution in [3.63, 3.8) is 0 Å². The molecule has 1 heterocycles. The van der Waals surface area contributed by atoms with Gasteiger partial charge < -0.3 is 15.2 Å². The first kappa shape index (κ1) is 16.0. The standard InChI is InChI=1S/C15H20N4O3/c1-10-16-11(2)19(18-10)8-14(21)9-22-15-6-4-13(5-7-15)17-12(3)20/h4-7,14,21H,8-9H2,1-3H3,(H,17,20)/t14-/m1/s1. The molecule has 7 heteroatoms. The molecule has 2 rings (SSSR count). The van der Waals surface area contributed by atoms with Crippen molar-refractivity contribution in [3.8, 4) is 5.75 Å². The van der Waals surface area contributed by atoms with Gasteiger partial charge in [0.25, 0.3) is 0 Å². The molecular formula is C15H20N4O3. The number of nitrogens with one attached hydrogen (secondary N) is 1. The third-order valence-electron chi connectivity index (χ3n) is 2.96. The largest absolute Gasteiger partial charge is 0.491 e. The number of aliphatic hydroxyl groups excluding tert-OH is 1. The highest BCUT2D eigenvalue weighted by atomic mass is 16.5. The maximum Gasteiger partial charge on any atom is 0.221 e. The molecule has 0 unspecified atom stereocenters. The molecule has 0 aliphatic rings. The normalized spacial score (nSPS) is 12.0. The number of benzene rings is 1. The summed E-state index contributed by atoms with van der Waals surface area (Å²) in [7, 11) is 0. The van der Waals surface area contributed by atoms with Gasteiger partial charge in [-0.25, -0.2) is 9.67 Å². The third-order valence-corrected chi connectivity index (χ3v) is 2.96. The van der Waals surface area contributed by atoms with Crippen molar-refractivity contribution in [1.82, 2.24) is 14.8 Å². The molecule has 1 atom stereocenters. The molecule has 0 bridgehead atoms. The molecular weight excluding hydrogens is 284 g/mol. The SMILES string of the molecule is CC(=O)Nc1ccc(OC[C@H](O)Cn2nc(C)nc2C)cc1. The summed E-state index contributed by atoms with van der Waals surface area (Å²) >= 11 is 0. The van der Waals surface area contributed by atoms with Crippen LogP contribution in [0.15, 0.2) is 24.3 Å². The van der Waals surface area contributed by atoms with E-state index in [9.17, 15) is 9.90 Å². The monoisotopic (exact) mass is 304 g/mol. The highest BCUT2D eigenvalue weighted by Gasteiger charge is 2.10. The van der Waals surface area contributed by atoms with Gasteiger partial charge >= 0.3 is 0 Å². The highest BCUT2D eigenvalue weighted by Crippen LogP contribution is 2.16. The van der Waals surface area contributed by atoms with E-state index >= 15 is 0 Å². The number of rotatable bonds is 6. The van der Waals surface area contributed by atoms with Crippen molar-refractivity contribution in [2.45, 2.75) is 33.4 Å². The molecule has 0 saturated carbocycles. The minimum atomic E-state index is -0.685. The molecule has 0 radical (unpaired) electrons. The number of amides is 1. The second-order valence-electron chi connectivity index (χ2n) is 5.06. The summed E-state index contributed by atoms with van der Waals surface area (Å²) < 4.78 is 7.18. The van der Waals surface area contributed by atoms with Crippen LogP contribution in [0.5, 0.6) is 5.75 Å². The van der Waals surface area contributed by atoms with Gasteiger partial charge in [0.1, 0.15) is 30.1 Å². The van der Waals surface area contributed by atoms with Gasteiger partial charge in [0.15, 0.2) is 0 Å². The Bertz CT molecular complexity index is 637. The first-order valence-electron chi connectivity index (χ1n) is 7.00. The third kappa shape index (κ3) is 4.56. The zero-order chi connectivity index (χ0) is 16.1. The summed E-state index contributed by atoms with van der Waals surface area (Å²) in [5, 5.41) is 16.9. The Morgan fingerprint density at radius 2 is 2.05 bits per heavy atom. The van der Waals surface area contributed by atoms with Crippen molar-refractivity contribution in [3.05, 3.63) is 35.9 Å². The molecule has 0 aliphatic carbocycles. The van der Waals surface area contributed by atoms with E-state index in [4.69, 9.17) is 4.74 Å². The maximum absolute atomic E-state index is 10.9. The van der Waals surface area contributed by atoms with Gasteiger partial charge in [0.05, 0.1) is 6.54 Å². The van der Waals surface area contributed by atoms with Crippen molar-refractivity contribution in [2.75, 3.05) is 11.9 Å². The van der Waals surface area contributed by atoms with Crippen LogP contribution in [-0.4, -0.2) is 38.5 Å². The van der Waals surface area contributed by atoms with Crippen molar-refractivity contribution < 1.29 is 14.6 Å². The van der Waals surface area contributed by atoms with Gasteiger partial charge in [-0.05, 0) is 38.1 Å². The minimum absolute atomic E-state index is 0.123. The lowest BCUT2D eigenvalue weighted by Crippen LogP contribution is -2.24. The Labute approximate surface area is 128 Å². The van der Waals surface area contributed by atoms with Crippen LogP contribution in [0.1, 0.15) is 18.6 Å². The number of carbonyl (C=O) groups excluding carboxylic acids is 1. The number of aromatic nitrogens is 3. The predicted molar refractivity (Wildman–Crippen MR) is 81.7 cm³/mol. The average Bonchev–Trinajstić information content (AvgIpc) is 2.75. The molecule has 2 N–H and O–H groups in total. The number of carbonyl (C=O) groups is 1. The lowest BCUT2D eigenvalue weighted by Gasteiger charge is -2.13. The quantitative estimate of drug-likeness (QED) is 0.839. The summed E-state index contributed by atoms with van der Waals surface area (Å²) in [6.45, 7) is 5.58. The van der Waals surface area contributed by atoms with Crippen LogP contribution in [0.2, 0.25) is 0 Å². The fraction of sp³-hybridized carbons (Fsp3) is 0.400. The molecule has 1 aromatic heterocycles. The van der Waals surface area contributed by atoms with Gasteiger partial charge in [-0.15, -0.1) is 0 Å². The number of ether oxygens (including phenoxy) is 1. The van der Waals surface area contributed by atoms with Gasteiger partial charge in [-0.2, -0.15) is 5.10 Å². The Kier molecular flexibility index (Phi) is 5.11. The summed E-state index contributed by atoms with van der Waals surface area (Å²) in [6, 6.07) is 6.97. The summed E-state index contributed by atoms with van der Waals surface area (Å²) in [5.74, 6) is 1.94. The number of aliphatic hydroxyl groups is 1. The highest BCUT2D eigenvalue weighted by molar-refractivity contribution is 5.88. The fourth-order valence-corrected chi connectivity index (χ4v) is 2.02. The molecule has 118 valence electrons. The number of nitrogens with zero attached hydrogens (tertiary/aromatic N) is 3. The summed E-state index contributed by atoms with van der Waals surface area (Å²) in [5.41, 5.74) is 0.703. The summed E-state index contributed by atoms with van der Waals surface area (Å²) in [6.07, 6.45) is -0.685. The zero-order valence-electron chi connectivity index (χ0n) is 12.9. The Hall–Kier alpha value is -2.41. The van der Waals surface area contributed by atoms with Crippen LogP contribution in [0.3, 0.4) is 0 Å². The molecule has 0 saturated heterocycles. The minimum Gasteiger partial charge on any atom is -0.491 e. The van der Waals surface area contributed by atoms with E-state index < -0.39 is 6.10 Å². The van der Waals surface area contributed by atoms with Gasteiger partial charge in [-0.1, -0.05) is 0 Å². The molecule has 2 aromatic rings. The van der Waals surface area contributed by atoms with E-state index in [0.29, 0.717) is 23.8 Å². The van der Waals surface area contributed by atoms with E-state index in [-0.39, 0.29) is 12.5 Å². The predicted octanol–water partition coefficient (Wildman–Crippen LogP) is 1.29. The Morgan fingerprint density at radius 3 is 2.59 bits per heavy atom. The second kappa shape index (κ2) is 7.04. The second-order valence-corrected chi connectivity index (χ2v) is 5.06. The molecule has 7 nitrogen and oxygen atoms in total. The molecule has 0 spiro atoms. The fourth-order valence-electron chi connectivity index (χ4n) is 2.02. The molecule has 1 amide bonds. The van der Waals surface area contributed by atoms with Crippen LogP contribution in [-0.2, 0) is 11.3 Å². The topological polar surface area (TPSA) is 89.3 Å². The Morgan fingerprint density at radius 1 is 1.36 bits per heavy atom. The lowest BCUT2D eigenvalue weighted by atomic mass is 10.3. The van der Waals surface area contributed by atoms with E-state index in [1.54, 1.807) is 28.9 Å².